The third-order valence-electron chi connectivity index (χ3n) is 5.89. The van der Waals surface area contributed by atoms with Gasteiger partial charge < -0.3 is 9.30 Å². The highest BCUT2D eigenvalue weighted by Crippen LogP contribution is 2.36. The molecule has 0 N–H and O–H groups in total. The molecule has 3 aromatic rings. The minimum Gasteiger partial charge on any atom is -0.465 e. The van der Waals surface area contributed by atoms with E-state index in [9.17, 15) is 9.59 Å². The van der Waals surface area contributed by atoms with Crippen molar-refractivity contribution in [2.24, 2.45) is 0 Å². The lowest BCUT2D eigenvalue weighted by Gasteiger charge is -2.18. The second-order valence-electron chi connectivity index (χ2n) is 8.13. The molecule has 0 spiro atoms. The van der Waals surface area contributed by atoms with E-state index < -0.39 is 5.97 Å². The molecule has 0 saturated carbocycles. The van der Waals surface area contributed by atoms with Crippen LogP contribution < -0.4 is 4.90 Å². The fraction of sp³-hybridized carbons (Fsp3) is 0.185. The Bertz CT molecular complexity index is 1350. The summed E-state index contributed by atoms with van der Waals surface area (Å²) in [5.41, 5.74) is 6.57. The largest absolute Gasteiger partial charge is 0.465 e. The number of amides is 1. The third-order valence-corrected chi connectivity index (χ3v) is 6.12. The minimum absolute atomic E-state index is 0.258. The zero-order valence-corrected chi connectivity index (χ0v) is 20.0. The fourth-order valence-corrected chi connectivity index (χ4v) is 4.54. The summed E-state index contributed by atoms with van der Waals surface area (Å²) in [6, 6.07) is 17.2. The predicted octanol–water partition coefficient (Wildman–Crippen LogP) is 5.93. The first kappa shape index (κ1) is 22.6. The fourth-order valence-electron chi connectivity index (χ4n) is 4.36. The molecule has 0 saturated heterocycles. The van der Waals surface area contributed by atoms with Crippen molar-refractivity contribution < 1.29 is 14.3 Å². The SMILES string of the molecule is COC(=O)C1=C(C)N(c2cccc(C)c2)C(=O)/C1=C/c1cc(C)n(-c2cccc(Cl)c2)c1C. The predicted molar refractivity (Wildman–Crippen MR) is 132 cm³/mol. The molecular formula is C27H25ClN2O3. The Morgan fingerprint density at radius 1 is 0.970 bits per heavy atom. The molecule has 168 valence electrons. The lowest BCUT2D eigenvalue weighted by Crippen LogP contribution is -2.24. The molecular weight excluding hydrogens is 436 g/mol. The molecule has 1 aliphatic heterocycles. The van der Waals surface area contributed by atoms with Crippen LogP contribution in [0.15, 0.2) is 71.4 Å². The number of aryl methyl sites for hydroxylation is 2. The molecule has 1 amide bonds. The van der Waals surface area contributed by atoms with Gasteiger partial charge in [0.05, 0.1) is 18.3 Å². The number of hydrogen-bond acceptors (Lipinski definition) is 3. The first-order valence-corrected chi connectivity index (χ1v) is 11.0. The molecule has 0 aliphatic carbocycles. The van der Waals surface area contributed by atoms with Gasteiger partial charge >= 0.3 is 5.97 Å². The summed E-state index contributed by atoms with van der Waals surface area (Å²) < 4.78 is 7.11. The highest BCUT2D eigenvalue weighted by atomic mass is 35.5. The van der Waals surface area contributed by atoms with Gasteiger partial charge in [-0.2, -0.15) is 0 Å². The molecule has 2 aromatic carbocycles. The standard InChI is InChI=1S/C27H25ClN2O3/c1-16-8-6-10-22(12-16)30-19(4)25(27(32)33-5)24(26(30)31)14-20-13-17(2)29(18(20)3)23-11-7-9-21(28)15-23/h6-15H,1-5H3/b24-14+. The number of benzene rings is 2. The van der Waals surface area contributed by atoms with Crippen LogP contribution in [0.1, 0.15) is 29.4 Å². The number of hydrogen-bond donors (Lipinski definition) is 0. The lowest BCUT2D eigenvalue weighted by molar-refractivity contribution is -0.136. The number of esters is 1. The molecule has 0 radical (unpaired) electrons. The smallest absolute Gasteiger partial charge is 0.340 e. The highest BCUT2D eigenvalue weighted by Gasteiger charge is 2.38. The zero-order chi connectivity index (χ0) is 23.9. The van der Waals surface area contributed by atoms with E-state index in [4.69, 9.17) is 16.3 Å². The normalized spacial score (nSPS) is 15.0. The number of halogens is 1. The molecule has 5 nitrogen and oxygen atoms in total. The summed E-state index contributed by atoms with van der Waals surface area (Å²) in [5.74, 6) is -0.794. The van der Waals surface area contributed by atoms with E-state index in [1.54, 1.807) is 17.9 Å². The summed E-state index contributed by atoms with van der Waals surface area (Å²) >= 11 is 6.20. The van der Waals surface area contributed by atoms with E-state index in [-0.39, 0.29) is 11.5 Å². The Labute approximate surface area is 198 Å². The van der Waals surface area contributed by atoms with Crippen molar-refractivity contribution in [1.82, 2.24) is 4.57 Å². The molecule has 2 heterocycles. The van der Waals surface area contributed by atoms with Crippen LogP contribution in [-0.2, 0) is 14.3 Å². The average molecular weight is 461 g/mol. The van der Waals surface area contributed by atoms with Crippen LogP contribution in [0.2, 0.25) is 5.02 Å². The highest BCUT2D eigenvalue weighted by molar-refractivity contribution is 6.30. The third kappa shape index (κ3) is 4.00. The maximum atomic E-state index is 13.6. The van der Waals surface area contributed by atoms with Gasteiger partial charge in [-0.1, -0.05) is 29.8 Å². The van der Waals surface area contributed by atoms with Gasteiger partial charge in [0.15, 0.2) is 0 Å². The van der Waals surface area contributed by atoms with Gasteiger partial charge in [0.2, 0.25) is 0 Å². The summed E-state index contributed by atoms with van der Waals surface area (Å²) in [4.78, 5) is 27.8. The summed E-state index contributed by atoms with van der Waals surface area (Å²) in [7, 11) is 1.32. The Morgan fingerprint density at radius 3 is 2.33 bits per heavy atom. The van der Waals surface area contributed by atoms with E-state index in [1.807, 2.05) is 75.4 Å². The van der Waals surface area contributed by atoms with Gasteiger partial charge in [-0.15, -0.1) is 0 Å². The van der Waals surface area contributed by atoms with Gasteiger partial charge in [0, 0.05) is 33.5 Å². The van der Waals surface area contributed by atoms with Gasteiger partial charge in [0.25, 0.3) is 5.91 Å². The number of methoxy groups -OCH3 is 1. The van der Waals surface area contributed by atoms with E-state index >= 15 is 0 Å². The maximum Gasteiger partial charge on any atom is 0.340 e. The zero-order valence-electron chi connectivity index (χ0n) is 19.3. The number of nitrogens with zero attached hydrogens (tertiary/aromatic N) is 2. The van der Waals surface area contributed by atoms with Gasteiger partial charge in [-0.05, 0) is 81.3 Å². The quantitative estimate of drug-likeness (QED) is 0.358. The molecule has 1 aromatic heterocycles. The summed E-state index contributed by atoms with van der Waals surface area (Å²) in [6.07, 6.45) is 1.78. The minimum atomic E-state index is -0.536. The molecule has 4 rings (SSSR count). The topological polar surface area (TPSA) is 51.5 Å². The Hall–Kier alpha value is -3.57. The summed E-state index contributed by atoms with van der Waals surface area (Å²) in [5, 5.41) is 0.645. The number of carbonyl (C=O) groups is 2. The number of allylic oxidation sites excluding steroid dienone is 1. The Balaban J connectivity index is 1.86. The average Bonchev–Trinajstić information content (AvgIpc) is 3.19. The molecule has 6 heteroatoms. The number of carbonyl (C=O) groups excluding carboxylic acids is 2. The van der Waals surface area contributed by atoms with Crippen molar-refractivity contribution in [3.05, 3.63) is 99.0 Å². The first-order valence-electron chi connectivity index (χ1n) is 10.6. The molecule has 0 fully saturated rings. The van der Waals surface area contributed by atoms with Gasteiger partial charge in [-0.3, -0.25) is 9.69 Å². The van der Waals surface area contributed by atoms with Crippen molar-refractivity contribution in [3.8, 4) is 5.69 Å². The number of rotatable bonds is 4. The maximum absolute atomic E-state index is 13.6. The number of anilines is 1. The molecule has 0 unspecified atom stereocenters. The van der Waals surface area contributed by atoms with Crippen molar-refractivity contribution in [2.75, 3.05) is 12.0 Å². The van der Waals surface area contributed by atoms with Crippen LogP contribution >= 0.6 is 11.6 Å². The van der Waals surface area contributed by atoms with E-state index in [0.29, 0.717) is 22.0 Å². The van der Waals surface area contributed by atoms with Crippen LogP contribution in [0.25, 0.3) is 11.8 Å². The van der Waals surface area contributed by atoms with Crippen LogP contribution in [0, 0.1) is 20.8 Å². The van der Waals surface area contributed by atoms with Crippen molar-refractivity contribution >= 4 is 35.2 Å². The van der Waals surface area contributed by atoms with Crippen molar-refractivity contribution in [1.29, 1.82) is 0 Å². The lowest BCUT2D eigenvalue weighted by atomic mass is 10.0. The van der Waals surface area contributed by atoms with Gasteiger partial charge in [-0.25, -0.2) is 4.79 Å². The van der Waals surface area contributed by atoms with Crippen molar-refractivity contribution in [3.63, 3.8) is 0 Å². The second kappa shape index (κ2) is 8.75. The molecule has 0 atom stereocenters. The Morgan fingerprint density at radius 2 is 1.67 bits per heavy atom. The monoisotopic (exact) mass is 460 g/mol. The second-order valence-corrected chi connectivity index (χ2v) is 8.57. The van der Waals surface area contributed by atoms with Crippen LogP contribution in [0.3, 0.4) is 0 Å². The molecule has 0 bridgehead atoms. The van der Waals surface area contributed by atoms with Crippen LogP contribution in [0.4, 0.5) is 5.69 Å². The van der Waals surface area contributed by atoms with Gasteiger partial charge in [0.1, 0.15) is 0 Å². The van der Waals surface area contributed by atoms with E-state index in [2.05, 4.69) is 4.57 Å². The number of aromatic nitrogens is 1. The van der Waals surface area contributed by atoms with Crippen molar-refractivity contribution in [2.45, 2.75) is 27.7 Å². The van der Waals surface area contributed by atoms with E-state index in [1.165, 1.54) is 7.11 Å². The Kier molecular flexibility index (Phi) is 6.00. The molecule has 1 aliphatic rings. The first-order chi connectivity index (χ1) is 15.7. The number of ether oxygens (including phenoxy) is 1. The van der Waals surface area contributed by atoms with Crippen LogP contribution in [0.5, 0.6) is 0 Å². The molecule has 33 heavy (non-hydrogen) atoms. The van der Waals surface area contributed by atoms with E-state index in [0.717, 1.165) is 28.2 Å². The summed E-state index contributed by atoms with van der Waals surface area (Å²) in [6.45, 7) is 7.70. The van der Waals surface area contributed by atoms with Crippen LogP contribution in [-0.4, -0.2) is 23.6 Å².